The number of aliphatic hydroxyl groups is 1. The summed E-state index contributed by atoms with van der Waals surface area (Å²) >= 11 is 0. The van der Waals surface area contributed by atoms with E-state index in [1.54, 1.807) is 0 Å². The first-order valence-electron chi connectivity index (χ1n) is 5.08. The number of methoxy groups -OCH3 is 1. The molecule has 0 saturated heterocycles. The van der Waals surface area contributed by atoms with Crippen LogP contribution in [0.15, 0.2) is 23.1 Å². The molecule has 0 aliphatic heterocycles. The predicted octanol–water partition coefficient (Wildman–Crippen LogP) is -0.306. The lowest BCUT2D eigenvalue weighted by atomic mass is 10.3. The molecule has 1 atom stereocenters. The minimum absolute atomic E-state index is 0.0259. The topological polar surface area (TPSA) is 102 Å². The smallest absolute Gasteiger partial charge is 0.243 e. The molecule has 8 heteroatoms. The SMILES string of the molecule is COCC(O)CNS(=O)(=O)c1cc(N)ccc1F. The zero-order valence-corrected chi connectivity index (χ0v) is 10.6. The fourth-order valence-electron chi connectivity index (χ4n) is 1.26. The second-order valence-corrected chi connectivity index (χ2v) is 5.39. The number of halogens is 1. The summed E-state index contributed by atoms with van der Waals surface area (Å²) in [5.41, 5.74) is 5.53. The van der Waals surface area contributed by atoms with Crippen LogP contribution >= 0.6 is 0 Å². The highest BCUT2D eigenvalue weighted by Gasteiger charge is 2.20. The van der Waals surface area contributed by atoms with Crippen molar-refractivity contribution in [1.82, 2.24) is 4.72 Å². The molecule has 0 amide bonds. The second-order valence-electron chi connectivity index (χ2n) is 3.65. The molecule has 102 valence electrons. The first-order valence-corrected chi connectivity index (χ1v) is 6.57. The van der Waals surface area contributed by atoms with Gasteiger partial charge in [-0.15, -0.1) is 0 Å². The van der Waals surface area contributed by atoms with Gasteiger partial charge in [-0.2, -0.15) is 0 Å². The molecule has 0 aliphatic rings. The molecule has 0 aromatic heterocycles. The van der Waals surface area contributed by atoms with Gasteiger partial charge in [0.15, 0.2) is 0 Å². The molecule has 0 aliphatic carbocycles. The molecule has 0 saturated carbocycles. The van der Waals surface area contributed by atoms with Crippen LogP contribution in [0.25, 0.3) is 0 Å². The van der Waals surface area contributed by atoms with E-state index in [-0.39, 0.29) is 18.8 Å². The third kappa shape index (κ3) is 3.91. The Morgan fingerprint density at radius 1 is 1.56 bits per heavy atom. The Morgan fingerprint density at radius 3 is 2.83 bits per heavy atom. The number of nitrogens with two attached hydrogens (primary N) is 1. The molecule has 18 heavy (non-hydrogen) atoms. The minimum Gasteiger partial charge on any atom is -0.399 e. The average Bonchev–Trinajstić information content (AvgIpc) is 2.30. The second kappa shape index (κ2) is 6.10. The van der Waals surface area contributed by atoms with Gasteiger partial charge >= 0.3 is 0 Å². The lowest BCUT2D eigenvalue weighted by Crippen LogP contribution is -2.34. The molecule has 1 unspecified atom stereocenters. The number of hydrogen-bond donors (Lipinski definition) is 3. The van der Waals surface area contributed by atoms with Crippen LogP contribution in [-0.2, 0) is 14.8 Å². The maximum atomic E-state index is 13.4. The van der Waals surface area contributed by atoms with Crippen LogP contribution in [0.3, 0.4) is 0 Å². The van der Waals surface area contributed by atoms with Crippen molar-refractivity contribution in [3.8, 4) is 0 Å². The zero-order valence-electron chi connectivity index (χ0n) is 9.76. The van der Waals surface area contributed by atoms with Crippen LogP contribution in [0.5, 0.6) is 0 Å². The van der Waals surface area contributed by atoms with Crippen molar-refractivity contribution in [2.45, 2.75) is 11.0 Å². The molecule has 6 nitrogen and oxygen atoms in total. The molecule has 4 N–H and O–H groups in total. The Kier molecular flexibility index (Phi) is 5.03. The summed E-state index contributed by atoms with van der Waals surface area (Å²) < 4.78 is 43.6. The number of nitrogen functional groups attached to an aromatic ring is 1. The monoisotopic (exact) mass is 278 g/mol. The first-order chi connectivity index (χ1) is 8.36. The quantitative estimate of drug-likeness (QED) is 0.620. The lowest BCUT2D eigenvalue weighted by molar-refractivity contribution is 0.0679. The van der Waals surface area contributed by atoms with Gasteiger partial charge in [0, 0.05) is 19.3 Å². The molecule has 0 fully saturated rings. The summed E-state index contributed by atoms with van der Waals surface area (Å²) in [5, 5.41) is 9.31. The highest BCUT2D eigenvalue weighted by molar-refractivity contribution is 7.89. The van der Waals surface area contributed by atoms with Crippen LogP contribution in [0.2, 0.25) is 0 Å². The lowest BCUT2D eigenvalue weighted by Gasteiger charge is -2.12. The number of nitrogens with one attached hydrogen (secondary N) is 1. The number of rotatable bonds is 6. The van der Waals surface area contributed by atoms with Gasteiger partial charge in [0.05, 0.1) is 12.7 Å². The van der Waals surface area contributed by atoms with E-state index < -0.39 is 26.8 Å². The highest BCUT2D eigenvalue weighted by Crippen LogP contribution is 2.17. The van der Waals surface area contributed by atoms with Gasteiger partial charge in [-0.3, -0.25) is 0 Å². The summed E-state index contributed by atoms with van der Waals surface area (Å²) in [4.78, 5) is -0.549. The van der Waals surface area contributed by atoms with Crippen molar-refractivity contribution in [3.63, 3.8) is 0 Å². The number of aliphatic hydroxyl groups excluding tert-OH is 1. The molecule has 1 rings (SSSR count). The number of sulfonamides is 1. The minimum atomic E-state index is -4.05. The maximum absolute atomic E-state index is 13.4. The van der Waals surface area contributed by atoms with Crippen LogP contribution in [-0.4, -0.2) is 39.9 Å². The van der Waals surface area contributed by atoms with Crippen LogP contribution in [0.1, 0.15) is 0 Å². The zero-order chi connectivity index (χ0) is 13.8. The Hall–Kier alpha value is -1.22. The van der Waals surface area contributed by atoms with Crippen molar-refractivity contribution in [1.29, 1.82) is 0 Å². The van der Waals surface area contributed by atoms with Gasteiger partial charge in [0.25, 0.3) is 0 Å². The standard InChI is InChI=1S/C10H15FN2O4S/c1-17-6-8(14)5-13-18(15,16)10-4-7(12)2-3-9(10)11/h2-4,8,13-14H,5-6,12H2,1H3. The van der Waals surface area contributed by atoms with Crippen molar-refractivity contribution >= 4 is 15.7 Å². The van der Waals surface area contributed by atoms with Gasteiger partial charge < -0.3 is 15.6 Å². The fraction of sp³-hybridized carbons (Fsp3) is 0.400. The summed E-state index contributed by atoms with van der Waals surface area (Å²) in [6.45, 7) is -0.299. The number of benzene rings is 1. The Labute approximate surface area is 105 Å². The molecule has 1 aromatic carbocycles. The Balaban J connectivity index is 2.83. The van der Waals surface area contributed by atoms with Gasteiger partial charge in [-0.25, -0.2) is 17.5 Å². The normalized spacial score (nSPS) is 13.5. The van der Waals surface area contributed by atoms with Gasteiger partial charge in [0.1, 0.15) is 10.7 Å². The Bertz CT molecular complexity index is 507. The van der Waals surface area contributed by atoms with E-state index in [9.17, 15) is 17.9 Å². The fourth-order valence-corrected chi connectivity index (χ4v) is 2.44. The largest absolute Gasteiger partial charge is 0.399 e. The third-order valence-corrected chi connectivity index (χ3v) is 3.55. The maximum Gasteiger partial charge on any atom is 0.243 e. The van der Waals surface area contributed by atoms with E-state index in [0.29, 0.717) is 0 Å². The van der Waals surface area contributed by atoms with Gasteiger partial charge in [-0.05, 0) is 18.2 Å². The van der Waals surface area contributed by atoms with Crippen LogP contribution in [0, 0.1) is 5.82 Å². The Morgan fingerprint density at radius 2 is 2.22 bits per heavy atom. The summed E-state index contributed by atoms with van der Waals surface area (Å²) in [6, 6.07) is 3.24. The van der Waals surface area contributed by atoms with Crippen molar-refractivity contribution in [3.05, 3.63) is 24.0 Å². The molecular weight excluding hydrogens is 263 g/mol. The van der Waals surface area contributed by atoms with Crippen LogP contribution < -0.4 is 10.5 Å². The summed E-state index contributed by atoms with van der Waals surface area (Å²) in [5.74, 6) is -0.905. The van der Waals surface area contributed by atoms with E-state index in [4.69, 9.17) is 5.73 Å². The molecular formula is C10H15FN2O4S. The van der Waals surface area contributed by atoms with Gasteiger partial charge in [0.2, 0.25) is 10.0 Å². The third-order valence-electron chi connectivity index (χ3n) is 2.11. The van der Waals surface area contributed by atoms with Gasteiger partial charge in [-0.1, -0.05) is 0 Å². The molecule has 0 spiro atoms. The van der Waals surface area contributed by atoms with E-state index >= 15 is 0 Å². The van der Waals surface area contributed by atoms with E-state index in [0.717, 1.165) is 12.1 Å². The molecule has 0 bridgehead atoms. The number of anilines is 1. The summed E-state index contributed by atoms with van der Waals surface area (Å²) in [6.07, 6.45) is -1.01. The first kappa shape index (κ1) is 14.8. The van der Waals surface area contributed by atoms with E-state index in [1.807, 2.05) is 0 Å². The van der Waals surface area contributed by atoms with Crippen molar-refractivity contribution < 1.29 is 22.7 Å². The number of hydrogen-bond acceptors (Lipinski definition) is 5. The van der Waals surface area contributed by atoms with Crippen LogP contribution in [0.4, 0.5) is 10.1 Å². The van der Waals surface area contributed by atoms with E-state index in [2.05, 4.69) is 9.46 Å². The van der Waals surface area contributed by atoms with Crippen molar-refractivity contribution in [2.24, 2.45) is 0 Å². The molecule has 1 aromatic rings. The van der Waals surface area contributed by atoms with Crippen molar-refractivity contribution in [2.75, 3.05) is 26.0 Å². The predicted molar refractivity (Wildman–Crippen MR) is 63.9 cm³/mol. The van der Waals surface area contributed by atoms with E-state index in [1.165, 1.54) is 13.2 Å². The average molecular weight is 278 g/mol. The molecule has 0 radical (unpaired) electrons. The number of ether oxygens (including phenoxy) is 1. The highest BCUT2D eigenvalue weighted by atomic mass is 32.2. The molecule has 0 heterocycles. The summed E-state index contributed by atoms with van der Waals surface area (Å²) in [7, 11) is -2.68.